The van der Waals surface area contributed by atoms with E-state index in [0.29, 0.717) is 33.2 Å². The molecule has 3 aromatic rings. The zero-order chi connectivity index (χ0) is 23.8. The summed E-state index contributed by atoms with van der Waals surface area (Å²) >= 11 is 6.10. The third kappa shape index (κ3) is 4.57. The van der Waals surface area contributed by atoms with E-state index in [-0.39, 0.29) is 41.8 Å². The molecule has 1 aliphatic heterocycles. The molecular formula is C22H21ClN4O5S. The first-order valence-corrected chi connectivity index (χ1v) is 12.1. The smallest absolute Gasteiger partial charge is 0.358 e. The van der Waals surface area contributed by atoms with Crippen molar-refractivity contribution in [3.05, 3.63) is 69.5 Å². The summed E-state index contributed by atoms with van der Waals surface area (Å²) in [5.74, 6) is -0.930. The van der Waals surface area contributed by atoms with E-state index in [0.717, 1.165) is 0 Å². The van der Waals surface area contributed by atoms with Crippen LogP contribution in [0.15, 0.2) is 36.4 Å². The fourth-order valence-corrected chi connectivity index (χ4v) is 5.19. The zero-order valence-corrected chi connectivity index (χ0v) is 19.4. The molecule has 0 fully saturated rings. The summed E-state index contributed by atoms with van der Waals surface area (Å²) in [6.07, 6.45) is 0. The average Bonchev–Trinajstić information content (AvgIpc) is 3.33. The third-order valence-corrected chi connectivity index (χ3v) is 6.73. The molecule has 0 radical (unpaired) electrons. The van der Waals surface area contributed by atoms with E-state index in [1.807, 2.05) is 0 Å². The molecule has 0 saturated heterocycles. The van der Waals surface area contributed by atoms with Gasteiger partial charge in [-0.3, -0.25) is 9.52 Å². The van der Waals surface area contributed by atoms with E-state index in [9.17, 15) is 18.0 Å². The second-order valence-electron chi connectivity index (χ2n) is 7.43. The minimum Gasteiger partial charge on any atom is -0.461 e. The number of carbonyl (C=O) groups excluding carboxylic acids is 2. The Morgan fingerprint density at radius 2 is 2.00 bits per heavy atom. The van der Waals surface area contributed by atoms with Crippen molar-refractivity contribution in [1.82, 2.24) is 15.3 Å². The highest BCUT2D eigenvalue weighted by Crippen LogP contribution is 2.34. The molecule has 1 aromatic heterocycles. The number of carbonyl (C=O) groups is 2. The Labute approximate surface area is 195 Å². The molecule has 0 spiro atoms. The Bertz CT molecular complexity index is 1370. The maximum Gasteiger partial charge on any atom is 0.358 e. The lowest BCUT2D eigenvalue weighted by atomic mass is 10.0. The standard InChI is InChI=1S/C22H21ClN4O5S/c1-3-32-22(29)19-12(2)25-20(26-19)14-8-9-17(15-10-24-21(28)18(14)15)27-33(30,31)11-13-6-4-5-7-16(13)23/h4-9,27H,3,10-11H2,1-2H3,(H,24,28)(H,25,26). The van der Waals surface area contributed by atoms with Crippen molar-refractivity contribution in [2.24, 2.45) is 0 Å². The molecule has 0 aliphatic carbocycles. The van der Waals surface area contributed by atoms with Crippen LogP contribution in [0.5, 0.6) is 0 Å². The largest absolute Gasteiger partial charge is 0.461 e. The number of esters is 1. The molecule has 172 valence electrons. The number of nitrogens with one attached hydrogen (secondary N) is 3. The quantitative estimate of drug-likeness (QED) is 0.437. The maximum atomic E-state index is 12.8. The Morgan fingerprint density at radius 1 is 1.24 bits per heavy atom. The number of sulfonamides is 1. The van der Waals surface area contributed by atoms with Gasteiger partial charge in [0, 0.05) is 28.4 Å². The monoisotopic (exact) mass is 488 g/mol. The van der Waals surface area contributed by atoms with Gasteiger partial charge in [0.05, 0.1) is 23.6 Å². The van der Waals surface area contributed by atoms with Gasteiger partial charge in [-0.15, -0.1) is 0 Å². The van der Waals surface area contributed by atoms with Crippen LogP contribution in [-0.4, -0.2) is 36.9 Å². The van der Waals surface area contributed by atoms with Crippen LogP contribution < -0.4 is 10.0 Å². The molecule has 4 rings (SSSR count). The first kappa shape index (κ1) is 22.8. The minimum absolute atomic E-state index is 0.128. The van der Waals surface area contributed by atoms with Crippen LogP contribution in [0.25, 0.3) is 11.4 Å². The van der Waals surface area contributed by atoms with Crippen molar-refractivity contribution in [2.45, 2.75) is 26.1 Å². The Hall–Kier alpha value is -3.37. The number of amides is 1. The number of aromatic nitrogens is 2. The normalized spacial score (nSPS) is 12.9. The Morgan fingerprint density at radius 3 is 2.73 bits per heavy atom. The predicted octanol–water partition coefficient (Wildman–Crippen LogP) is 3.40. The number of imidazole rings is 1. The Balaban J connectivity index is 1.69. The van der Waals surface area contributed by atoms with Crippen molar-refractivity contribution in [1.29, 1.82) is 0 Å². The molecule has 2 heterocycles. The van der Waals surface area contributed by atoms with Crippen molar-refractivity contribution in [3.63, 3.8) is 0 Å². The fraction of sp³-hybridized carbons (Fsp3) is 0.227. The molecule has 11 heteroatoms. The molecule has 0 atom stereocenters. The number of halogens is 1. The molecule has 1 aliphatic rings. The number of rotatable bonds is 7. The molecule has 33 heavy (non-hydrogen) atoms. The topological polar surface area (TPSA) is 130 Å². The van der Waals surface area contributed by atoms with Crippen molar-refractivity contribution in [3.8, 4) is 11.4 Å². The second kappa shape index (κ2) is 8.87. The van der Waals surface area contributed by atoms with E-state index < -0.39 is 16.0 Å². The van der Waals surface area contributed by atoms with Gasteiger partial charge in [-0.05, 0) is 37.6 Å². The van der Waals surface area contributed by atoms with Gasteiger partial charge in [-0.25, -0.2) is 18.2 Å². The van der Waals surface area contributed by atoms with E-state index in [1.165, 1.54) is 0 Å². The van der Waals surface area contributed by atoms with E-state index >= 15 is 0 Å². The molecular weight excluding hydrogens is 468 g/mol. The number of aromatic amines is 1. The summed E-state index contributed by atoms with van der Waals surface area (Å²) in [7, 11) is -3.81. The highest BCUT2D eigenvalue weighted by atomic mass is 35.5. The molecule has 3 N–H and O–H groups in total. The van der Waals surface area contributed by atoms with Gasteiger partial charge in [0.1, 0.15) is 5.82 Å². The van der Waals surface area contributed by atoms with Gasteiger partial charge in [0.15, 0.2) is 5.69 Å². The summed E-state index contributed by atoms with van der Waals surface area (Å²) in [4.78, 5) is 32.1. The maximum absolute atomic E-state index is 12.8. The number of anilines is 1. The summed E-state index contributed by atoms with van der Waals surface area (Å²) in [6, 6.07) is 9.85. The van der Waals surface area contributed by atoms with E-state index in [2.05, 4.69) is 20.0 Å². The second-order valence-corrected chi connectivity index (χ2v) is 9.56. The Kier molecular flexibility index (Phi) is 6.13. The van der Waals surface area contributed by atoms with Crippen LogP contribution in [0, 0.1) is 6.92 Å². The van der Waals surface area contributed by atoms with Gasteiger partial charge in [-0.2, -0.15) is 0 Å². The number of hydrogen-bond acceptors (Lipinski definition) is 6. The van der Waals surface area contributed by atoms with Crippen molar-refractivity contribution < 1.29 is 22.7 Å². The first-order chi connectivity index (χ1) is 15.7. The fourth-order valence-electron chi connectivity index (χ4n) is 3.65. The van der Waals surface area contributed by atoms with E-state index in [1.54, 1.807) is 50.2 Å². The van der Waals surface area contributed by atoms with Gasteiger partial charge >= 0.3 is 5.97 Å². The van der Waals surface area contributed by atoms with Gasteiger partial charge in [-0.1, -0.05) is 29.8 Å². The SMILES string of the molecule is CCOC(=O)c1nc(-c2ccc(NS(=O)(=O)Cc3ccccc3Cl)c3c2C(=O)NC3)[nH]c1C. The number of ether oxygens (including phenoxy) is 1. The first-order valence-electron chi connectivity index (χ1n) is 10.1. The zero-order valence-electron chi connectivity index (χ0n) is 17.9. The lowest BCUT2D eigenvalue weighted by Crippen LogP contribution is -2.16. The molecule has 2 aromatic carbocycles. The molecule has 9 nitrogen and oxygen atoms in total. The molecule has 1 amide bonds. The van der Waals surface area contributed by atoms with Crippen molar-refractivity contribution >= 4 is 39.2 Å². The van der Waals surface area contributed by atoms with Crippen LogP contribution in [0.2, 0.25) is 5.02 Å². The van der Waals surface area contributed by atoms with Crippen LogP contribution >= 0.6 is 11.6 Å². The van der Waals surface area contributed by atoms with Crippen LogP contribution in [0.4, 0.5) is 5.69 Å². The van der Waals surface area contributed by atoms with Gasteiger partial charge in [0.2, 0.25) is 10.0 Å². The summed E-state index contributed by atoms with van der Waals surface area (Å²) < 4.78 is 33.2. The number of H-pyrrole nitrogens is 1. The van der Waals surface area contributed by atoms with E-state index in [4.69, 9.17) is 16.3 Å². The lowest BCUT2D eigenvalue weighted by Gasteiger charge is -2.13. The average molecular weight is 489 g/mol. The minimum atomic E-state index is -3.81. The summed E-state index contributed by atoms with van der Waals surface area (Å²) in [6.45, 7) is 3.74. The highest BCUT2D eigenvalue weighted by Gasteiger charge is 2.29. The molecule has 0 unspecified atom stereocenters. The number of fused-ring (bicyclic) bond motifs is 1. The lowest BCUT2D eigenvalue weighted by molar-refractivity contribution is 0.0519. The van der Waals surface area contributed by atoms with Crippen molar-refractivity contribution in [2.75, 3.05) is 11.3 Å². The van der Waals surface area contributed by atoms with Crippen LogP contribution in [0.1, 0.15) is 44.6 Å². The summed E-state index contributed by atoms with van der Waals surface area (Å²) in [5, 5.41) is 3.07. The third-order valence-electron chi connectivity index (χ3n) is 5.14. The number of hydrogen-bond donors (Lipinski definition) is 3. The molecule has 0 saturated carbocycles. The summed E-state index contributed by atoms with van der Waals surface area (Å²) in [5.41, 5.74) is 2.61. The van der Waals surface area contributed by atoms with Crippen LogP contribution in [-0.2, 0) is 27.1 Å². The van der Waals surface area contributed by atoms with Gasteiger partial charge in [0.25, 0.3) is 5.91 Å². The highest BCUT2D eigenvalue weighted by molar-refractivity contribution is 7.91. The number of benzene rings is 2. The van der Waals surface area contributed by atoms with Crippen LogP contribution in [0.3, 0.4) is 0 Å². The number of aryl methyl sites for hydroxylation is 1. The predicted molar refractivity (Wildman–Crippen MR) is 124 cm³/mol. The number of nitrogens with zero attached hydrogens (tertiary/aromatic N) is 1. The molecule has 0 bridgehead atoms. The van der Waals surface area contributed by atoms with Gasteiger partial charge < -0.3 is 15.0 Å².